The van der Waals surface area contributed by atoms with Gasteiger partial charge in [-0.15, -0.1) is 0 Å². The van der Waals surface area contributed by atoms with Crippen molar-refractivity contribution in [3.05, 3.63) is 39.9 Å². The van der Waals surface area contributed by atoms with E-state index in [1.165, 1.54) is 18.2 Å². The highest BCUT2D eigenvalue weighted by Gasteiger charge is 2.43. The second kappa shape index (κ2) is 7.38. The van der Waals surface area contributed by atoms with Crippen molar-refractivity contribution in [2.75, 3.05) is 6.61 Å². The third-order valence-electron chi connectivity index (χ3n) is 3.28. The van der Waals surface area contributed by atoms with Crippen LogP contribution in [0, 0.1) is 10.1 Å². The van der Waals surface area contributed by atoms with E-state index in [-0.39, 0.29) is 17.5 Å². The summed E-state index contributed by atoms with van der Waals surface area (Å²) in [6, 6.07) is 5.28. The minimum Gasteiger partial charge on any atom is -0.394 e. The van der Waals surface area contributed by atoms with Gasteiger partial charge in [0.1, 0.15) is 18.3 Å². The van der Waals surface area contributed by atoms with Crippen molar-refractivity contribution < 1.29 is 35.3 Å². The standard InChI is InChI=1S/C13H17NO8/c15-6-10(17)11(18)12(19)13(20,7-16)5-8-3-1-2-4-9(8)14(21)22/h1-4,7,10-12,15,17-20H,5-6H2/t10-,11-,12+,13+/m1/s1. The molecule has 4 atom stereocenters. The summed E-state index contributed by atoms with van der Waals surface area (Å²) < 4.78 is 0. The molecule has 22 heavy (non-hydrogen) atoms. The normalized spacial score (nSPS) is 18.0. The van der Waals surface area contributed by atoms with Crippen LogP contribution < -0.4 is 0 Å². The molecule has 0 aromatic heterocycles. The molecular weight excluding hydrogens is 298 g/mol. The van der Waals surface area contributed by atoms with Crippen LogP contribution in [0.3, 0.4) is 0 Å². The van der Waals surface area contributed by atoms with Crippen LogP contribution in [0.4, 0.5) is 5.69 Å². The first-order valence-corrected chi connectivity index (χ1v) is 6.33. The van der Waals surface area contributed by atoms with E-state index in [1.54, 1.807) is 0 Å². The van der Waals surface area contributed by atoms with Gasteiger partial charge in [-0.05, 0) is 0 Å². The average Bonchev–Trinajstić information content (AvgIpc) is 2.52. The fourth-order valence-electron chi connectivity index (χ4n) is 1.97. The van der Waals surface area contributed by atoms with Crippen molar-refractivity contribution >= 4 is 12.0 Å². The SMILES string of the molecule is O=C[C@@](O)(Cc1ccccc1[N+](=O)[O-])[C@@H](O)[C@H](O)[C@H](O)CO. The number of nitro groups is 1. The van der Waals surface area contributed by atoms with Gasteiger partial charge in [0.05, 0.1) is 11.5 Å². The lowest BCUT2D eigenvalue weighted by atomic mass is 9.85. The molecule has 9 nitrogen and oxygen atoms in total. The topological polar surface area (TPSA) is 161 Å². The number of carbonyl (C=O) groups excluding carboxylic acids is 1. The molecule has 9 heteroatoms. The van der Waals surface area contributed by atoms with Crippen LogP contribution in [-0.4, -0.2) is 67.3 Å². The second-order valence-corrected chi connectivity index (χ2v) is 4.86. The summed E-state index contributed by atoms with van der Waals surface area (Å²) in [5.41, 5.74) is -2.97. The van der Waals surface area contributed by atoms with Gasteiger partial charge in [-0.25, -0.2) is 0 Å². The third-order valence-corrected chi connectivity index (χ3v) is 3.28. The van der Waals surface area contributed by atoms with Crippen molar-refractivity contribution in [2.24, 2.45) is 0 Å². The van der Waals surface area contributed by atoms with Gasteiger partial charge in [-0.2, -0.15) is 0 Å². The summed E-state index contributed by atoms with van der Waals surface area (Å²) in [5.74, 6) is 0. The molecule has 0 radical (unpaired) electrons. The molecule has 5 N–H and O–H groups in total. The lowest BCUT2D eigenvalue weighted by Gasteiger charge is -2.32. The molecular formula is C13H17NO8. The number of benzene rings is 1. The van der Waals surface area contributed by atoms with Crippen LogP contribution >= 0.6 is 0 Å². The zero-order valence-corrected chi connectivity index (χ0v) is 11.4. The van der Waals surface area contributed by atoms with E-state index in [0.29, 0.717) is 0 Å². The first-order chi connectivity index (χ1) is 10.3. The van der Waals surface area contributed by atoms with E-state index in [2.05, 4.69) is 0 Å². The quantitative estimate of drug-likeness (QED) is 0.212. The molecule has 0 spiro atoms. The molecule has 0 unspecified atom stereocenters. The van der Waals surface area contributed by atoms with Crippen molar-refractivity contribution in [1.82, 2.24) is 0 Å². The number of rotatable bonds is 8. The smallest absolute Gasteiger partial charge is 0.272 e. The van der Waals surface area contributed by atoms with Gasteiger partial charge in [-0.1, -0.05) is 18.2 Å². The van der Waals surface area contributed by atoms with Crippen LogP contribution in [0.1, 0.15) is 5.56 Å². The van der Waals surface area contributed by atoms with Crippen LogP contribution in [0.25, 0.3) is 0 Å². The Hall–Kier alpha value is -1.91. The van der Waals surface area contributed by atoms with Crippen LogP contribution in [0.15, 0.2) is 24.3 Å². The lowest BCUT2D eigenvalue weighted by Crippen LogP contribution is -2.56. The van der Waals surface area contributed by atoms with Crippen molar-refractivity contribution in [3.63, 3.8) is 0 Å². The van der Waals surface area contributed by atoms with E-state index in [1.807, 2.05) is 0 Å². The van der Waals surface area contributed by atoms with E-state index in [9.17, 15) is 35.3 Å². The van der Waals surface area contributed by atoms with Crippen molar-refractivity contribution in [2.45, 2.75) is 30.3 Å². The zero-order chi connectivity index (χ0) is 16.9. The van der Waals surface area contributed by atoms with Crippen LogP contribution in [-0.2, 0) is 11.2 Å². The van der Waals surface area contributed by atoms with Crippen molar-refractivity contribution in [3.8, 4) is 0 Å². The Balaban J connectivity index is 3.10. The Morgan fingerprint density at radius 3 is 2.36 bits per heavy atom. The summed E-state index contributed by atoms with van der Waals surface area (Å²) in [5, 5.41) is 58.5. The predicted octanol–water partition coefficient (Wildman–Crippen LogP) is -1.86. The van der Waals surface area contributed by atoms with Crippen LogP contribution in [0.5, 0.6) is 0 Å². The summed E-state index contributed by atoms with van der Waals surface area (Å²) in [6.07, 6.45) is -6.66. The lowest BCUT2D eigenvalue weighted by molar-refractivity contribution is -0.385. The highest BCUT2D eigenvalue weighted by Crippen LogP contribution is 2.25. The third kappa shape index (κ3) is 3.84. The van der Waals surface area contributed by atoms with Gasteiger partial charge in [0, 0.05) is 18.1 Å². The number of nitro benzene ring substituents is 1. The Morgan fingerprint density at radius 1 is 1.27 bits per heavy atom. The first-order valence-electron chi connectivity index (χ1n) is 6.33. The van der Waals surface area contributed by atoms with Gasteiger partial charge < -0.3 is 30.3 Å². The van der Waals surface area contributed by atoms with E-state index < -0.39 is 41.9 Å². The molecule has 122 valence electrons. The molecule has 0 fully saturated rings. The minimum atomic E-state index is -2.57. The van der Waals surface area contributed by atoms with Gasteiger partial charge in [-0.3, -0.25) is 10.1 Å². The number of aliphatic hydroxyl groups is 5. The van der Waals surface area contributed by atoms with Crippen LogP contribution in [0.2, 0.25) is 0 Å². The maximum atomic E-state index is 11.1. The summed E-state index contributed by atoms with van der Waals surface area (Å²) in [7, 11) is 0. The van der Waals surface area contributed by atoms with Gasteiger partial charge in [0.2, 0.25) is 0 Å². The monoisotopic (exact) mass is 315 g/mol. The molecule has 0 bridgehead atoms. The number of aldehydes is 1. The Morgan fingerprint density at radius 2 is 1.86 bits per heavy atom. The van der Waals surface area contributed by atoms with Gasteiger partial charge in [0.25, 0.3) is 5.69 Å². The highest BCUT2D eigenvalue weighted by atomic mass is 16.6. The number of hydrogen-bond acceptors (Lipinski definition) is 8. The van der Waals surface area contributed by atoms with Crippen molar-refractivity contribution in [1.29, 1.82) is 0 Å². The van der Waals surface area contributed by atoms with E-state index in [0.717, 1.165) is 6.07 Å². The second-order valence-electron chi connectivity index (χ2n) is 4.86. The summed E-state index contributed by atoms with van der Waals surface area (Å²) in [6.45, 7) is -0.904. The molecule has 0 heterocycles. The molecule has 0 aliphatic rings. The minimum absolute atomic E-state index is 0.0353. The average molecular weight is 315 g/mol. The Labute approximate surface area is 125 Å². The largest absolute Gasteiger partial charge is 0.394 e. The highest BCUT2D eigenvalue weighted by molar-refractivity contribution is 5.65. The molecule has 1 rings (SSSR count). The first kappa shape index (κ1) is 18.1. The molecule has 1 aromatic carbocycles. The molecule has 0 aliphatic heterocycles. The molecule has 0 saturated heterocycles. The summed E-state index contributed by atoms with van der Waals surface area (Å²) >= 11 is 0. The molecule has 0 saturated carbocycles. The maximum Gasteiger partial charge on any atom is 0.272 e. The number of carbonyl (C=O) groups is 1. The van der Waals surface area contributed by atoms with Gasteiger partial charge >= 0.3 is 0 Å². The Kier molecular flexibility index (Phi) is 6.09. The fourth-order valence-corrected chi connectivity index (χ4v) is 1.97. The molecule has 0 aliphatic carbocycles. The zero-order valence-electron chi connectivity index (χ0n) is 11.4. The molecule has 1 aromatic rings. The summed E-state index contributed by atoms with van der Waals surface area (Å²) in [4.78, 5) is 21.3. The fraction of sp³-hybridized carbons (Fsp3) is 0.462. The number of hydrogen-bond donors (Lipinski definition) is 5. The number of nitrogens with zero attached hydrogens (tertiary/aromatic N) is 1. The predicted molar refractivity (Wildman–Crippen MR) is 72.9 cm³/mol. The van der Waals surface area contributed by atoms with E-state index in [4.69, 9.17) is 5.11 Å². The number of aliphatic hydroxyl groups excluding tert-OH is 4. The molecule has 0 amide bonds. The Bertz CT molecular complexity index is 537. The van der Waals surface area contributed by atoms with E-state index >= 15 is 0 Å². The number of para-hydroxylation sites is 1. The van der Waals surface area contributed by atoms with Gasteiger partial charge in [0.15, 0.2) is 11.9 Å². The maximum absolute atomic E-state index is 11.1.